The van der Waals surface area contributed by atoms with E-state index < -0.39 is 5.97 Å². The maximum Gasteiger partial charge on any atom is 0.358 e. The molecule has 0 unspecified atom stereocenters. The van der Waals surface area contributed by atoms with Crippen molar-refractivity contribution in [3.05, 3.63) is 23.1 Å². The normalized spacial score (nSPS) is 10.2. The quantitative estimate of drug-likeness (QED) is 0.586. The molecule has 76 valence electrons. The molecule has 0 fully saturated rings. The predicted octanol–water partition coefficient (Wildman–Crippen LogP) is 1.14. The molecule has 7 nitrogen and oxygen atoms in total. The zero-order valence-electron chi connectivity index (χ0n) is 7.72. The molecule has 0 aliphatic carbocycles. The molecule has 0 atom stereocenters. The third kappa shape index (κ3) is 1.33. The van der Waals surface area contributed by atoms with Crippen molar-refractivity contribution in [1.29, 1.82) is 0 Å². The van der Waals surface area contributed by atoms with Gasteiger partial charge in [0.1, 0.15) is 17.4 Å². The van der Waals surface area contributed by atoms with E-state index in [4.69, 9.17) is 0 Å². The Morgan fingerprint density at radius 3 is 3.00 bits per heavy atom. The van der Waals surface area contributed by atoms with Gasteiger partial charge in [-0.3, -0.25) is 0 Å². The second-order valence-electron chi connectivity index (χ2n) is 2.70. The smallest absolute Gasteiger partial charge is 0.358 e. The Morgan fingerprint density at radius 1 is 1.53 bits per heavy atom. The van der Waals surface area contributed by atoms with E-state index in [0.717, 1.165) is 0 Å². The van der Waals surface area contributed by atoms with Crippen LogP contribution in [0.3, 0.4) is 0 Å². The molecule has 2 aromatic heterocycles. The van der Waals surface area contributed by atoms with Crippen LogP contribution in [0.15, 0.2) is 17.7 Å². The Hall–Kier alpha value is -2.31. The van der Waals surface area contributed by atoms with Crippen molar-refractivity contribution >= 4 is 22.7 Å². The van der Waals surface area contributed by atoms with Crippen LogP contribution in [0.2, 0.25) is 0 Å². The van der Waals surface area contributed by atoms with Gasteiger partial charge in [-0.1, -0.05) is 0 Å². The maximum atomic E-state index is 11.3. The lowest BCUT2D eigenvalue weighted by Gasteiger charge is -1.98. The summed E-state index contributed by atoms with van der Waals surface area (Å²) < 4.78 is 4.53. The summed E-state index contributed by atoms with van der Waals surface area (Å²) in [7, 11) is 1.25. The minimum absolute atomic E-state index is 0.0809. The SMILES string of the molecule is COC(=O)c1ncnc2c(N=O)c[nH]c12. The number of hydrogen-bond donors (Lipinski definition) is 1. The van der Waals surface area contributed by atoms with Crippen molar-refractivity contribution < 1.29 is 9.53 Å². The second-order valence-corrected chi connectivity index (χ2v) is 2.70. The van der Waals surface area contributed by atoms with Crippen molar-refractivity contribution in [2.24, 2.45) is 5.18 Å². The molecule has 2 rings (SSSR count). The highest BCUT2D eigenvalue weighted by molar-refractivity contribution is 6.02. The van der Waals surface area contributed by atoms with E-state index >= 15 is 0 Å². The van der Waals surface area contributed by atoms with Gasteiger partial charge in [0.2, 0.25) is 0 Å². The van der Waals surface area contributed by atoms with Crippen LogP contribution in [0.5, 0.6) is 0 Å². The first-order valence-corrected chi connectivity index (χ1v) is 4.01. The number of carbonyl (C=O) groups is 1. The van der Waals surface area contributed by atoms with Crippen molar-refractivity contribution in [3.8, 4) is 0 Å². The molecule has 2 aromatic rings. The van der Waals surface area contributed by atoms with Gasteiger partial charge in [-0.2, -0.15) is 0 Å². The Balaban J connectivity index is 2.72. The molecule has 0 saturated carbocycles. The second kappa shape index (κ2) is 3.45. The Morgan fingerprint density at radius 2 is 2.33 bits per heavy atom. The Bertz CT molecular complexity index is 534. The van der Waals surface area contributed by atoms with Crippen LogP contribution in [0.25, 0.3) is 11.0 Å². The van der Waals surface area contributed by atoms with E-state index in [0.29, 0.717) is 11.0 Å². The van der Waals surface area contributed by atoms with Gasteiger partial charge in [0.15, 0.2) is 11.4 Å². The molecule has 0 spiro atoms. The van der Waals surface area contributed by atoms with Gasteiger partial charge in [-0.05, 0) is 5.18 Å². The summed E-state index contributed by atoms with van der Waals surface area (Å²) in [5.41, 5.74) is 0.870. The van der Waals surface area contributed by atoms with Crippen LogP contribution in [-0.2, 0) is 4.74 Å². The van der Waals surface area contributed by atoms with E-state index in [1.54, 1.807) is 0 Å². The first-order valence-electron chi connectivity index (χ1n) is 4.01. The number of nitroso groups, excluding NO2 is 1. The van der Waals surface area contributed by atoms with E-state index in [2.05, 4.69) is 24.9 Å². The van der Waals surface area contributed by atoms with Gasteiger partial charge in [-0.25, -0.2) is 14.8 Å². The van der Waals surface area contributed by atoms with E-state index in [9.17, 15) is 9.70 Å². The van der Waals surface area contributed by atoms with Crippen LogP contribution in [0.1, 0.15) is 10.5 Å². The molecule has 0 aliphatic rings. The van der Waals surface area contributed by atoms with E-state index in [1.165, 1.54) is 19.6 Å². The van der Waals surface area contributed by atoms with Crippen LogP contribution in [0, 0.1) is 4.91 Å². The third-order valence-corrected chi connectivity index (χ3v) is 1.92. The highest BCUT2D eigenvalue weighted by Crippen LogP contribution is 2.24. The third-order valence-electron chi connectivity index (χ3n) is 1.92. The lowest BCUT2D eigenvalue weighted by Crippen LogP contribution is -2.05. The topological polar surface area (TPSA) is 97.3 Å². The Kier molecular flexibility index (Phi) is 2.13. The van der Waals surface area contributed by atoms with Crippen LogP contribution >= 0.6 is 0 Å². The fourth-order valence-electron chi connectivity index (χ4n) is 1.25. The molecule has 2 heterocycles. The average Bonchev–Trinajstić information content (AvgIpc) is 2.70. The number of fused-ring (bicyclic) bond motifs is 1. The number of H-pyrrole nitrogens is 1. The zero-order valence-corrected chi connectivity index (χ0v) is 7.72. The lowest BCUT2D eigenvalue weighted by atomic mass is 10.3. The molecule has 0 radical (unpaired) electrons. The molecular formula is C8H6N4O3. The van der Waals surface area contributed by atoms with Crippen LogP contribution in [-0.4, -0.2) is 28.0 Å². The van der Waals surface area contributed by atoms with Gasteiger partial charge in [0.25, 0.3) is 0 Å². The molecule has 0 aliphatic heterocycles. The summed E-state index contributed by atoms with van der Waals surface area (Å²) in [5, 5.41) is 2.76. The number of esters is 1. The minimum atomic E-state index is -0.596. The number of carbonyl (C=O) groups excluding carboxylic acids is 1. The number of aromatic amines is 1. The molecular weight excluding hydrogens is 200 g/mol. The van der Waals surface area contributed by atoms with Gasteiger partial charge in [-0.15, -0.1) is 4.91 Å². The van der Waals surface area contributed by atoms with E-state index in [1.807, 2.05) is 0 Å². The summed E-state index contributed by atoms with van der Waals surface area (Å²) in [6, 6.07) is 0. The number of nitrogens with one attached hydrogen (secondary N) is 1. The number of nitrogens with zero attached hydrogens (tertiary/aromatic N) is 3. The summed E-state index contributed by atoms with van der Waals surface area (Å²) in [4.78, 5) is 32.0. The molecule has 0 amide bonds. The number of ether oxygens (including phenoxy) is 1. The standard InChI is InChI=1S/C8H6N4O3/c1-15-8(13)7-6-5(10-3-11-7)4(12-14)2-9-6/h2-3,9H,1H3. The van der Waals surface area contributed by atoms with Gasteiger partial charge >= 0.3 is 5.97 Å². The van der Waals surface area contributed by atoms with E-state index in [-0.39, 0.29) is 11.4 Å². The van der Waals surface area contributed by atoms with Gasteiger partial charge < -0.3 is 9.72 Å². The molecule has 7 heteroatoms. The fourth-order valence-corrected chi connectivity index (χ4v) is 1.25. The molecule has 0 bridgehead atoms. The first-order chi connectivity index (χ1) is 7.27. The number of rotatable bonds is 2. The number of hydrogen-bond acceptors (Lipinski definition) is 6. The van der Waals surface area contributed by atoms with Gasteiger partial charge in [0, 0.05) is 6.20 Å². The fraction of sp³-hybridized carbons (Fsp3) is 0.125. The molecule has 1 N–H and O–H groups in total. The highest BCUT2D eigenvalue weighted by Gasteiger charge is 2.16. The molecule has 15 heavy (non-hydrogen) atoms. The summed E-state index contributed by atoms with van der Waals surface area (Å²) in [5.74, 6) is -0.596. The first kappa shape index (κ1) is 9.25. The van der Waals surface area contributed by atoms with Gasteiger partial charge in [0.05, 0.1) is 7.11 Å². The highest BCUT2D eigenvalue weighted by atomic mass is 16.5. The summed E-state index contributed by atoms with van der Waals surface area (Å²) in [6.07, 6.45) is 2.54. The molecule has 0 aromatic carbocycles. The van der Waals surface area contributed by atoms with Crippen LogP contribution in [0.4, 0.5) is 5.69 Å². The monoisotopic (exact) mass is 206 g/mol. The van der Waals surface area contributed by atoms with Crippen molar-refractivity contribution in [3.63, 3.8) is 0 Å². The molecule has 0 saturated heterocycles. The zero-order chi connectivity index (χ0) is 10.8. The van der Waals surface area contributed by atoms with Crippen LogP contribution < -0.4 is 0 Å². The largest absolute Gasteiger partial charge is 0.464 e. The van der Waals surface area contributed by atoms with Crippen molar-refractivity contribution in [2.45, 2.75) is 0 Å². The minimum Gasteiger partial charge on any atom is -0.464 e. The number of methoxy groups -OCH3 is 1. The average molecular weight is 206 g/mol. The summed E-state index contributed by atoms with van der Waals surface area (Å²) >= 11 is 0. The lowest BCUT2D eigenvalue weighted by molar-refractivity contribution is 0.0596. The van der Waals surface area contributed by atoms with Crippen molar-refractivity contribution in [2.75, 3.05) is 7.11 Å². The maximum absolute atomic E-state index is 11.3. The Labute approximate surface area is 83.5 Å². The number of aromatic nitrogens is 3. The predicted molar refractivity (Wildman–Crippen MR) is 50.7 cm³/mol. The van der Waals surface area contributed by atoms with Crippen molar-refractivity contribution in [1.82, 2.24) is 15.0 Å². The summed E-state index contributed by atoms with van der Waals surface area (Å²) in [6.45, 7) is 0.